The first-order chi connectivity index (χ1) is 10.9. The summed E-state index contributed by atoms with van der Waals surface area (Å²) in [6.45, 7) is 7.97. The van der Waals surface area contributed by atoms with Crippen LogP contribution in [0.3, 0.4) is 0 Å². The summed E-state index contributed by atoms with van der Waals surface area (Å²) < 4.78 is 10.0. The van der Waals surface area contributed by atoms with E-state index in [1.807, 2.05) is 0 Å². The molecule has 0 aliphatic carbocycles. The maximum Gasteiger partial charge on any atom is 0.337 e. The molecule has 0 aromatic heterocycles. The highest BCUT2D eigenvalue weighted by Crippen LogP contribution is 2.15. The molecule has 126 valence electrons. The number of ether oxygens (including phenoxy) is 2. The standard InChI is InChI=1S/C17H24N2O4/c1-17(2,19-8-10-23-11-9-19)12-18-15(20)13-4-6-14(7-5-13)16(21)22-3/h4-7H,8-12H2,1-3H3,(H,18,20). The summed E-state index contributed by atoms with van der Waals surface area (Å²) >= 11 is 0. The van der Waals surface area contributed by atoms with Crippen molar-refractivity contribution < 1.29 is 19.1 Å². The SMILES string of the molecule is COC(=O)c1ccc(C(=O)NCC(C)(C)N2CCOCC2)cc1. The molecule has 2 rings (SSSR count). The lowest BCUT2D eigenvalue weighted by molar-refractivity contribution is -0.00923. The van der Waals surface area contributed by atoms with Gasteiger partial charge >= 0.3 is 5.97 Å². The Morgan fingerprint density at radius 1 is 1.17 bits per heavy atom. The number of rotatable bonds is 5. The van der Waals surface area contributed by atoms with Gasteiger partial charge in [0.25, 0.3) is 5.91 Å². The van der Waals surface area contributed by atoms with E-state index in [0.717, 1.165) is 26.3 Å². The average molecular weight is 320 g/mol. The molecule has 1 amide bonds. The van der Waals surface area contributed by atoms with Gasteiger partial charge in [0.15, 0.2) is 0 Å². The molecule has 0 unspecified atom stereocenters. The fourth-order valence-corrected chi connectivity index (χ4v) is 2.55. The number of methoxy groups -OCH3 is 1. The molecule has 1 aliphatic rings. The van der Waals surface area contributed by atoms with Crippen LogP contribution in [0.1, 0.15) is 34.6 Å². The molecule has 1 aliphatic heterocycles. The maximum absolute atomic E-state index is 12.3. The monoisotopic (exact) mass is 320 g/mol. The number of benzene rings is 1. The van der Waals surface area contributed by atoms with E-state index in [-0.39, 0.29) is 11.4 Å². The zero-order valence-corrected chi connectivity index (χ0v) is 13.9. The summed E-state index contributed by atoms with van der Waals surface area (Å²) in [6.07, 6.45) is 0. The number of hydrogen-bond donors (Lipinski definition) is 1. The largest absolute Gasteiger partial charge is 0.465 e. The summed E-state index contributed by atoms with van der Waals surface area (Å²) in [4.78, 5) is 26.0. The molecule has 0 spiro atoms. The third kappa shape index (κ3) is 4.53. The van der Waals surface area contributed by atoms with Crippen molar-refractivity contribution in [3.05, 3.63) is 35.4 Å². The second kappa shape index (κ2) is 7.57. The Kier molecular flexibility index (Phi) is 5.74. The lowest BCUT2D eigenvalue weighted by Gasteiger charge is -2.40. The third-order valence-electron chi connectivity index (χ3n) is 4.12. The van der Waals surface area contributed by atoms with Crippen LogP contribution in [0.2, 0.25) is 0 Å². The van der Waals surface area contributed by atoms with Crippen molar-refractivity contribution >= 4 is 11.9 Å². The number of morpholine rings is 1. The summed E-state index contributed by atoms with van der Waals surface area (Å²) in [5, 5.41) is 2.96. The van der Waals surface area contributed by atoms with Crippen LogP contribution >= 0.6 is 0 Å². The Balaban J connectivity index is 1.92. The second-order valence-electron chi connectivity index (χ2n) is 6.16. The summed E-state index contributed by atoms with van der Waals surface area (Å²) in [5.74, 6) is -0.562. The van der Waals surface area contributed by atoms with Crippen LogP contribution in [0.5, 0.6) is 0 Å². The fourth-order valence-electron chi connectivity index (χ4n) is 2.55. The lowest BCUT2D eigenvalue weighted by atomic mass is 10.0. The molecule has 1 N–H and O–H groups in total. The minimum absolute atomic E-state index is 0.134. The first kappa shape index (κ1) is 17.4. The molecular weight excluding hydrogens is 296 g/mol. The van der Waals surface area contributed by atoms with Crippen molar-refractivity contribution in [1.82, 2.24) is 10.2 Å². The molecule has 1 aromatic rings. The average Bonchev–Trinajstić information content (AvgIpc) is 2.60. The van der Waals surface area contributed by atoms with Gasteiger partial charge in [-0.2, -0.15) is 0 Å². The molecular formula is C17H24N2O4. The van der Waals surface area contributed by atoms with Crippen LogP contribution in [0.25, 0.3) is 0 Å². The second-order valence-corrected chi connectivity index (χ2v) is 6.16. The van der Waals surface area contributed by atoms with Crippen LogP contribution in [0.15, 0.2) is 24.3 Å². The zero-order valence-electron chi connectivity index (χ0n) is 13.9. The van der Waals surface area contributed by atoms with Crippen molar-refractivity contribution in [2.24, 2.45) is 0 Å². The van der Waals surface area contributed by atoms with Gasteiger partial charge in [0.05, 0.1) is 25.9 Å². The summed E-state index contributed by atoms with van der Waals surface area (Å²) in [6, 6.07) is 6.44. The third-order valence-corrected chi connectivity index (χ3v) is 4.12. The highest BCUT2D eigenvalue weighted by molar-refractivity contribution is 5.96. The Morgan fingerprint density at radius 2 is 1.74 bits per heavy atom. The van der Waals surface area contributed by atoms with E-state index < -0.39 is 5.97 Å². The van der Waals surface area contributed by atoms with Gasteiger partial charge in [0, 0.05) is 30.7 Å². The van der Waals surface area contributed by atoms with Crippen LogP contribution in [0, 0.1) is 0 Å². The van der Waals surface area contributed by atoms with Gasteiger partial charge in [-0.25, -0.2) is 4.79 Å². The fraction of sp³-hybridized carbons (Fsp3) is 0.529. The minimum atomic E-state index is -0.412. The van der Waals surface area contributed by atoms with Crippen molar-refractivity contribution in [2.75, 3.05) is 40.0 Å². The van der Waals surface area contributed by atoms with Gasteiger partial charge in [0.2, 0.25) is 0 Å². The molecule has 1 saturated heterocycles. The highest BCUT2D eigenvalue weighted by atomic mass is 16.5. The molecule has 6 nitrogen and oxygen atoms in total. The Bertz CT molecular complexity index is 548. The first-order valence-electron chi connectivity index (χ1n) is 7.73. The smallest absolute Gasteiger partial charge is 0.337 e. The summed E-state index contributed by atoms with van der Waals surface area (Å²) in [7, 11) is 1.33. The van der Waals surface area contributed by atoms with Gasteiger partial charge in [0.1, 0.15) is 0 Å². The molecule has 0 atom stereocenters. The minimum Gasteiger partial charge on any atom is -0.465 e. The first-order valence-corrected chi connectivity index (χ1v) is 7.73. The van der Waals surface area contributed by atoms with Gasteiger partial charge in [-0.1, -0.05) is 0 Å². The maximum atomic E-state index is 12.3. The predicted molar refractivity (Wildman–Crippen MR) is 86.6 cm³/mol. The molecule has 23 heavy (non-hydrogen) atoms. The van der Waals surface area contributed by atoms with Crippen LogP contribution < -0.4 is 5.32 Å². The van der Waals surface area contributed by atoms with Gasteiger partial charge < -0.3 is 14.8 Å². The van der Waals surface area contributed by atoms with Gasteiger partial charge in [-0.05, 0) is 38.1 Å². The van der Waals surface area contributed by atoms with Crippen LogP contribution in [-0.4, -0.2) is 62.3 Å². The normalized spacial score (nSPS) is 16.0. The molecule has 0 bridgehead atoms. The van der Waals surface area contributed by atoms with Crippen molar-refractivity contribution in [3.63, 3.8) is 0 Å². The number of hydrogen-bond acceptors (Lipinski definition) is 5. The van der Waals surface area contributed by atoms with Gasteiger partial charge in [-0.15, -0.1) is 0 Å². The summed E-state index contributed by atoms with van der Waals surface area (Å²) in [5.41, 5.74) is 0.818. The van der Waals surface area contributed by atoms with E-state index in [9.17, 15) is 9.59 Å². The zero-order chi connectivity index (χ0) is 16.9. The number of carbonyl (C=O) groups is 2. The van der Waals surface area contributed by atoms with E-state index in [1.165, 1.54) is 7.11 Å². The molecule has 0 radical (unpaired) electrons. The Morgan fingerprint density at radius 3 is 2.30 bits per heavy atom. The molecule has 1 heterocycles. The predicted octanol–water partition coefficient (Wildman–Crippen LogP) is 1.31. The lowest BCUT2D eigenvalue weighted by Crippen LogP contribution is -2.55. The van der Waals surface area contributed by atoms with Gasteiger partial charge in [-0.3, -0.25) is 9.69 Å². The molecule has 6 heteroatoms. The van der Waals surface area contributed by atoms with Crippen molar-refractivity contribution in [3.8, 4) is 0 Å². The number of esters is 1. The Hall–Kier alpha value is -1.92. The van der Waals surface area contributed by atoms with E-state index in [4.69, 9.17) is 4.74 Å². The van der Waals surface area contributed by atoms with E-state index in [2.05, 4.69) is 28.8 Å². The van der Waals surface area contributed by atoms with Crippen LogP contribution in [-0.2, 0) is 9.47 Å². The van der Waals surface area contributed by atoms with E-state index >= 15 is 0 Å². The number of amides is 1. The quantitative estimate of drug-likeness (QED) is 0.829. The molecule has 1 fully saturated rings. The van der Waals surface area contributed by atoms with Crippen LogP contribution in [0.4, 0.5) is 0 Å². The van der Waals surface area contributed by atoms with E-state index in [1.54, 1.807) is 24.3 Å². The van der Waals surface area contributed by atoms with Crippen molar-refractivity contribution in [2.45, 2.75) is 19.4 Å². The van der Waals surface area contributed by atoms with E-state index in [0.29, 0.717) is 17.7 Å². The number of nitrogens with zero attached hydrogens (tertiary/aromatic N) is 1. The van der Waals surface area contributed by atoms with Crippen molar-refractivity contribution in [1.29, 1.82) is 0 Å². The molecule has 1 aromatic carbocycles. The number of nitrogens with one attached hydrogen (secondary N) is 1. The molecule has 0 saturated carbocycles. The topological polar surface area (TPSA) is 67.9 Å². The number of carbonyl (C=O) groups excluding carboxylic acids is 2. The highest BCUT2D eigenvalue weighted by Gasteiger charge is 2.28. The Labute approximate surface area is 136 Å².